The van der Waals surface area contributed by atoms with Gasteiger partial charge < -0.3 is 10.3 Å². The molecule has 0 saturated carbocycles. The van der Waals surface area contributed by atoms with E-state index in [4.69, 9.17) is 5.73 Å². The number of nitrogens with two attached hydrogens (primary N) is 1. The van der Waals surface area contributed by atoms with Gasteiger partial charge in [-0.3, -0.25) is 9.71 Å². The van der Waals surface area contributed by atoms with Crippen molar-refractivity contribution in [1.29, 1.82) is 0 Å². The third kappa shape index (κ3) is 3.00. The fraction of sp³-hybridized carbons (Fsp3) is 0.308. The maximum atomic E-state index is 12.3. The zero-order valence-corrected chi connectivity index (χ0v) is 12.3. The highest BCUT2D eigenvalue weighted by Crippen LogP contribution is 2.18. The predicted molar refractivity (Wildman–Crippen MR) is 77.8 cm³/mol. The second-order valence-corrected chi connectivity index (χ2v) is 6.13. The normalized spacial score (nSPS) is 11.6. The van der Waals surface area contributed by atoms with Gasteiger partial charge in [0.15, 0.2) is 0 Å². The van der Waals surface area contributed by atoms with Crippen molar-refractivity contribution in [3.05, 3.63) is 42.0 Å². The standard InChI is InChI=1S/C13H18N4O2S/c1-3-17-9-13(6-12(17)7-14)20(18,19)16-11-5-4-10(2)15-8-11/h4-6,8-9,16H,3,7,14H2,1-2H3. The summed E-state index contributed by atoms with van der Waals surface area (Å²) < 4.78 is 28.9. The molecule has 0 aromatic carbocycles. The molecule has 0 aliphatic heterocycles. The molecule has 0 aliphatic rings. The van der Waals surface area contributed by atoms with Crippen LogP contribution >= 0.6 is 0 Å². The van der Waals surface area contributed by atoms with E-state index in [1.54, 1.807) is 24.4 Å². The van der Waals surface area contributed by atoms with Crippen LogP contribution in [-0.2, 0) is 23.1 Å². The summed E-state index contributed by atoms with van der Waals surface area (Å²) in [6.45, 7) is 4.75. The molecule has 0 aliphatic carbocycles. The van der Waals surface area contributed by atoms with E-state index in [1.807, 2.05) is 18.4 Å². The summed E-state index contributed by atoms with van der Waals surface area (Å²) in [5.74, 6) is 0. The lowest BCUT2D eigenvalue weighted by Crippen LogP contribution is -2.12. The van der Waals surface area contributed by atoms with Gasteiger partial charge in [-0.2, -0.15) is 0 Å². The molecule has 3 N–H and O–H groups in total. The van der Waals surface area contributed by atoms with Crippen molar-refractivity contribution in [2.75, 3.05) is 4.72 Å². The van der Waals surface area contributed by atoms with Gasteiger partial charge in [0.1, 0.15) is 4.90 Å². The fourth-order valence-corrected chi connectivity index (χ4v) is 2.99. The maximum Gasteiger partial charge on any atom is 0.263 e. The Morgan fingerprint density at radius 3 is 2.65 bits per heavy atom. The number of rotatable bonds is 5. The van der Waals surface area contributed by atoms with Crippen LogP contribution < -0.4 is 10.5 Å². The molecule has 2 aromatic rings. The van der Waals surface area contributed by atoms with Gasteiger partial charge in [-0.05, 0) is 32.0 Å². The Bertz CT molecular complexity index is 668. The van der Waals surface area contributed by atoms with E-state index in [0.717, 1.165) is 11.4 Å². The minimum atomic E-state index is -3.61. The summed E-state index contributed by atoms with van der Waals surface area (Å²) >= 11 is 0. The van der Waals surface area contributed by atoms with Crippen LogP contribution in [0.3, 0.4) is 0 Å². The van der Waals surface area contributed by atoms with Gasteiger partial charge in [0.05, 0.1) is 11.9 Å². The number of nitrogens with one attached hydrogen (secondary N) is 1. The largest absolute Gasteiger partial charge is 0.349 e. The maximum absolute atomic E-state index is 12.3. The van der Waals surface area contributed by atoms with E-state index in [9.17, 15) is 8.42 Å². The molecule has 2 rings (SSSR count). The SMILES string of the molecule is CCn1cc(S(=O)(=O)Nc2ccc(C)nc2)cc1CN. The predicted octanol–water partition coefficient (Wildman–Crippen LogP) is 1.47. The van der Waals surface area contributed by atoms with Crippen molar-refractivity contribution >= 4 is 15.7 Å². The molecule has 0 bridgehead atoms. The molecule has 0 unspecified atom stereocenters. The minimum absolute atomic E-state index is 0.209. The lowest BCUT2D eigenvalue weighted by Gasteiger charge is -2.06. The number of hydrogen-bond donors (Lipinski definition) is 2. The Morgan fingerprint density at radius 2 is 2.15 bits per heavy atom. The van der Waals surface area contributed by atoms with Crippen molar-refractivity contribution in [1.82, 2.24) is 9.55 Å². The molecule has 108 valence electrons. The lowest BCUT2D eigenvalue weighted by molar-refractivity contribution is 0.600. The van der Waals surface area contributed by atoms with Crippen LogP contribution in [0.15, 0.2) is 35.5 Å². The Hall–Kier alpha value is -1.86. The van der Waals surface area contributed by atoms with Gasteiger partial charge >= 0.3 is 0 Å². The molecular formula is C13H18N4O2S. The second-order valence-electron chi connectivity index (χ2n) is 4.45. The molecule has 6 nitrogen and oxygen atoms in total. The summed E-state index contributed by atoms with van der Waals surface area (Å²) in [6.07, 6.45) is 3.08. The summed E-state index contributed by atoms with van der Waals surface area (Å²) in [4.78, 5) is 4.27. The molecule has 0 radical (unpaired) electrons. The number of nitrogens with zero attached hydrogens (tertiary/aromatic N) is 2. The molecule has 20 heavy (non-hydrogen) atoms. The van der Waals surface area contributed by atoms with Gasteiger partial charge in [0.25, 0.3) is 10.0 Å². The molecule has 2 aromatic heterocycles. The van der Waals surface area contributed by atoms with Crippen molar-refractivity contribution < 1.29 is 8.42 Å². The third-order valence-electron chi connectivity index (χ3n) is 2.98. The minimum Gasteiger partial charge on any atom is -0.349 e. The van der Waals surface area contributed by atoms with Crippen molar-refractivity contribution in [3.8, 4) is 0 Å². The number of anilines is 1. The highest BCUT2D eigenvalue weighted by atomic mass is 32.2. The average Bonchev–Trinajstić information content (AvgIpc) is 2.85. The van der Waals surface area contributed by atoms with Crippen LogP contribution in [0.25, 0.3) is 0 Å². The Morgan fingerprint density at radius 1 is 1.40 bits per heavy atom. The van der Waals surface area contributed by atoms with Crippen LogP contribution in [0.2, 0.25) is 0 Å². The Labute approximate surface area is 118 Å². The van der Waals surface area contributed by atoms with E-state index in [0.29, 0.717) is 18.8 Å². The zero-order chi connectivity index (χ0) is 14.8. The fourth-order valence-electron chi connectivity index (χ4n) is 1.88. The van der Waals surface area contributed by atoms with Crippen LogP contribution in [0.1, 0.15) is 18.3 Å². The first kappa shape index (κ1) is 14.5. The Balaban J connectivity index is 2.30. The third-order valence-corrected chi connectivity index (χ3v) is 4.33. The van der Waals surface area contributed by atoms with Crippen LogP contribution in [0, 0.1) is 6.92 Å². The monoisotopic (exact) mass is 294 g/mol. The number of pyridine rings is 1. The van der Waals surface area contributed by atoms with Crippen molar-refractivity contribution in [2.45, 2.75) is 31.8 Å². The smallest absolute Gasteiger partial charge is 0.263 e. The number of sulfonamides is 1. The summed E-state index contributed by atoms with van der Waals surface area (Å²) in [6, 6.07) is 5.02. The highest BCUT2D eigenvalue weighted by Gasteiger charge is 2.18. The van der Waals surface area contributed by atoms with E-state index < -0.39 is 10.0 Å². The first-order valence-electron chi connectivity index (χ1n) is 6.31. The van der Waals surface area contributed by atoms with E-state index in [2.05, 4.69) is 9.71 Å². The number of hydrogen-bond acceptors (Lipinski definition) is 4. The van der Waals surface area contributed by atoms with Crippen LogP contribution in [-0.4, -0.2) is 18.0 Å². The first-order valence-corrected chi connectivity index (χ1v) is 7.79. The number of aryl methyl sites for hydroxylation is 2. The van der Waals surface area contributed by atoms with E-state index >= 15 is 0 Å². The van der Waals surface area contributed by atoms with Crippen LogP contribution in [0.4, 0.5) is 5.69 Å². The first-order chi connectivity index (χ1) is 9.46. The second kappa shape index (κ2) is 5.64. The summed E-state index contributed by atoms with van der Waals surface area (Å²) in [7, 11) is -3.61. The Kier molecular flexibility index (Phi) is 4.10. The van der Waals surface area contributed by atoms with Gasteiger partial charge in [-0.15, -0.1) is 0 Å². The molecule has 0 saturated heterocycles. The molecule has 2 heterocycles. The van der Waals surface area contributed by atoms with Crippen molar-refractivity contribution in [2.24, 2.45) is 5.73 Å². The molecule has 0 spiro atoms. The summed E-state index contributed by atoms with van der Waals surface area (Å²) in [5, 5.41) is 0. The van der Waals surface area contributed by atoms with Crippen LogP contribution in [0.5, 0.6) is 0 Å². The average molecular weight is 294 g/mol. The van der Waals surface area contributed by atoms with Gasteiger partial charge in [0, 0.05) is 30.7 Å². The molecule has 7 heteroatoms. The summed E-state index contributed by atoms with van der Waals surface area (Å²) in [5.41, 5.74) is 7.66. The quantitative estimate of drug-likeness (QED) is 0.873. The van der Waals surface area contributed by atoms with Gasteiger partial charge in [0.2, 0.25) is 0 Å². The number of aromatic nitrogens is 2. The van der Waals surface area contributed by atoms with Gasteiger partial charge in [-0.1, -0.05) is 0 Å². The molecule has 0 atom stereocenters. The molecule has 0 amide bonds. The van der Waals surface area contributed by atoms with Gasteiger partial charge in [-0.25, -0.2) is 8.42 Å². The molecular weight excluding hydrogens is 276 g/mol. The molecule has 0 fully saturated rings. The lowest BCUT2D eigenvalue weighted by atomic mass is 10.4. The zero-order valence-electron chi connectivity index (χ0n) is 11.5. The van der Waals surface area contributed by atoms with E-state index in [1.165, 1.54) is 6.20 Å². The van der Waals surface area contributed by atoms with Crippen molar-refractivity contribution in [3.63, 3.8) is 0 Å². The highest BCUT2D eigenvalue weighted by molar-refractivity contribution is 7.92. The topological polar surface area (TPSA) is 90.0 Å². The van der Waals surface area contributed by atoms with E-state index in [-0.39, 0.29) is 4.90 Å².